The molecule has 0 fully saturated rings. The van der Waals surface area contributed by atoms with E-state index in [4.69, 9.17) is 0 Å². The molecule has 1 aromatic heterocycles. The second-order valence-corrected chi connectivity index (χ2v) is 7.10. The van der Waals surface area contributed by atoms with Gasteiger partial charge in [-0.1, -0.05) is 0 Å². The molecule has 24 heavy (non-hydrogen) atoms. The maximum absolute atomic E-state index is 12.3. The van der Waals surface area contributed by atoms with Crippen molar-refractivity contribution in [3.8, 4) is 0 Å². The first kappa shape index (κ1) is 18.7. The van der Waals surface area contributed by atoms with E-state index < -0.39 is 6.04 Å². The fourth-order valence-electron chi connectivity index (χ4n) is 2.96. The van der Waals surface area contributed by atoms with Gasteiger partial charge in [0.2, 0.25) is 11.8 Å². The van der Waals surface area contributed by atoms with Crippen molar-refractivity contribution in [3.63, 3.8) is 0 Å². The predicted molar refractivity (Wildman–Crippen MR) is 95.9 cm³/mol. The van der Waals surface area contributed by atoms with E-state index in [1.54, 1.807) is 11.8 Å². The van der Waals surface area contributed by atoms with E-state index >= 15 is 0 Å². The van der Waals surface area contributed by atoms with Gasteiger partial charge in [0.25, 0.3) is 0 Å². The lowest BCUT2D eigenvalue weighted by Crippen LogP contribution is -2.46. The molecule has 2 N–H and O–H groups in total. The molecule has 2 rings (SSSR count). The Hall–Kier alpha value is -1.63. The number of thioether (sulfide) groups is 1. The monoisotopic (exact) mass is 350 g/mol. The molecule has 2 amide bonds. The summed E-state index contributed by atoms with van der Waals surface area (Å²) in [7, 11) is 0. The third kappa shape index (κ3) is 5.19. The molecule has 6 nitrogen and oxygen atoms in total. The third-order valence-corrected chi connectivity index (χ3v) is 4.81. The van der Waals surface area contributed by atoms with Gasteiger partial charge in [0.05, 0.1) is 6.54 Å². The largest absolute Gasteiger partial charge is 0.347 e. The first-order chi connectivity index (χ1) is 11.5. The summed E-state index contributed by atoms with van der Waals surface area (Å²) < 4.78 is 0. The number of fused-ring (bicyclic) bond motifs is 1. The lowest BCUT2D eigenvalue weighted by molar-refractivity contribution is -0.128. The second kappa shape index (κ2) is 9.01. The smallest absolute Gasteiger partial charge is 0.242 e. The van der Waals surface area contributed by atoms with Crippen molar-refractivity contribution in [1.29, 1.82) is 0 Å². The second-order valence-electron chi connectivity index (χ2n) is 6.11. The highest BCUT2D eigenvalue weighted by Crippen LogP contribution is 2.21. The Kier molecular flexibility index (Phi) is 7.02. The van der Waals surface area contributed by atoms with E-state index in [0.29, 0.717) is 18.8 Å². The Bertz CT molecular complexity index is 606. The molecule has 0 saturated carbocycles. The van der Waals surface area contributed by atoms with Crippen LogP contribution in [0, 0.1) is 6.92 Å². The lowest BCUT2D eigenvalue weighted by Gasteiger charge is -2.19. The van der Waals surface area contributed by atoms with Crippen molar-refractivity contribution in [2.45, 2.75) is 58.5 Å². The zero-order chi connectivity index (χ0) is 17.5. The van der Waals surface area contributed by atoms with E-state index in [1.165, 1.54) is 18.9 Å². The lowest BCUT2D eigenvalue weighted by atomic mass is 9.95. The highest BCUT2D eigenvalue weighted by molar-refractivity contribution is 7.98. The average Bonchev–Trinajstić information content (AvgIpc) is 2.56. The topological polar surface area (TPSA) is 84.0 Å². The molecule has 1 aliphatic rings. The maximum atomic E-state index is 12.3. The minimum Gasteiger partial charge on any atom is -0.347 e. The predicted octanol–water partition coefficient (Wildman–Crippen LogP) is 1.54. The average molecular weight is 350 g/mol. The van der Waals surface area contributed by atoms with Crippen LogP contribution in [0.15, 0.2) is 0 Å². The van der Waals surface area contributed by atoms with Crippen LogP contribution in [-0.4, -0.2) is 39.8 Å². The van der Waals surface area contributed by atoms with E-state index in [1.807, 2.05) is 13.2 Å². The van der Waals surface area contributed by atoms with Crippen LogP contribution in [0.3, 0.4) is 0 Å². The van der Waals surface area contributed by atoms with Crippen LogP contribution in [0.2, 0.25) is 0 Å². The standard InChI is InChI=1S/C17H26N4O2S/c1-11-13-6-4-5-7-14(13)21-16(19-11)10-18-17(23)15(8-9-24-3)20-12(2)22/h15H,4-10H2,1-3H3,(H,18,23)(H,20,22). The molecule has 1 unspecified atom stereocenters. The Labute approximate surface area is 147 Å². The molecule has 7 heteroatoms. The summed E-state index contributed by atoms with van der Waals surface area (Å²) in [6.45, 7) is 3.73. The number of amides is 2. The minimum absolute atomic E-state index is 0.182. The number of hydrogen-bond acceptors (Lipinski definition) is 5. The van der Waals surface area contributed by atoms with Gasteiger partial charge in [-0.25, -0.2) is 9.97 Å². The third-order valence-electron chi connectivity index (χ3n) is 4.16. The summed E-state index contributed by atoms with van der Waals surface area (Å²) in [6, 6.07) is -0.506. The van der Waals surface area contributed by atoms with Crippen molar-refractivity contribution in [2.75, 3.05) is 12.0 Å². The summed E-state index contributed by atoms with van der Waals surface area (Å²) in [4.78, 5) is 32.8. The fourth-order valence-corrected chi connectivity index (χ4v) is 3.43. The SMILES string of the molecule is CSCCC(NC(C)=O)C(=O)NCc1nc(C)c2c(n1)CCCC2. The molecule has 0 aliphatic heterocycles. The summed E-state index contributed by atoms with van der Waals surface area (Å²) in [5.74, 6) is 1.08. The molecular weight excluding hydrogens is 324 g/mol. The van der Waals surface area contributed by atoms with Gasteiger partial charge in [0, 0.05) is 18.3 Å². The number of hydrogen-bond donors (Lipinski definition) is 2. The van der Waals surface area contributed by atoms with Crippen molar-refractivity contribution in [1.82, 2.24) is 20.6 Å². The summed E-state index contributed by atoms with van der Waals surface area (Å²) in [5.41, 5.74) is 3.41. The molecule has 1 aromatic rings. The molecule has 0 bridgehead atoms. The number of carbonyl (C=O) groups is 2. The Morgan fingerprint density at radius 1 is 1.25 bits per heavy atom. The molecule has 132 valence electrons. The minimum atomic E-state index is -0.506. The van der Waals surface area contributed by atoms with Crippen LogP contribution in [0.4, 0.5) is 0 Å². The van der Waals surface area contributed by atoms with Gasteiger partial charge in [0.1, 0.15) is 11.9 Å². The van der Waals surface area contributed by atoms with Gasteiger partial charge >= 0.3 is 0 Å². The van der Waals surface area contributed by atoms with Gasteiger partial charge in [-0.3, -0.25) is 9.59 Å². The molecular formula is C17H26N4O2S. The van der Waals surface area contributed by atoms with Crippen molar-refractivity contribution in [2.24, 2.45) is 0 Å². The molecule has 0 spiro atoms. The van der Waals surface area contributed by atoms with Crippen LogP contribution in [0.1, 0.15) is 49.0 Å². The van der Waals surface area contributed by atoms with Gasteiger partial charge in [-0.05, 0) is 56.6 Å². The summed E-state index contributed by atoms with van der Waals surface area (Å²) in [6.07, 6.45) is 6.98. The number of carbonyl (C=O) groups excluding carboxylic acids is 2. The van der Waals surface area contributed by atoms with Gasteiger partial charge < -0.3 is 10.6 Å². The first-order valence-corrected chi connectivity index (χ1v) is 9.79. The molecule has 1 atom stereocenters. The quantitative estimate of drug-likeness (QED) is 0.779. The molecule has 1 heterocycles. The number of aromatic nitrogens is 2. The summed E-state index contributed by atoms with van der Waals surface area (Å²) in [5, 5.41) is 5.57. The van der Waals surface area contributed by atoms with Crippen LogP contribution in [0.5, 0.6) is 0 Å². The highest BCUT2D eigenvalue weighted by atomic mass is 32.2. The number of nitrogens with one attached hydrogen (secondary N) is 2. The van der Waals surface area contributed by atoms with Crippen molar-refractivity contribution in [3.05, 3.63) is 22.8 Å². The zero-order valence-electron chi connectivity index (χ0n) is 14.6. The first-order valence-electron chi connectivity index (χ1n) is 8.40. The van der Waals surface area contributed by atoms with Gasteiger partial charge in [0.15, 0.2) is 0 Å². The van der Waals surface area contributed by atoms with E-state index in [2.05, 4.69) is 20.6 Å². The van der Waals surface area contributed by atoms with Crippen molar-refractivity contribution >= 4 is 23.6 Å². The molecule has 0 radical (unpaired) electrons. The molecule has 0 saturated heterocycles. The Morgan fingerprint density at radius 3 is 2.71 bits per heavy atom. The maximum Gasteiger partial charge on any atom is 0.242 e. The van der Waals surface area contributed by atoms with Gasteiger partial charge in [-0.2, -0.15) is 11.8 Å². The summed E-state index contributed by atoms with van der Waals surface area (Å²) >= 11 is 1.65. The van der Waals surface area contributed by atoms with Gasteiger partial charge in [-0.15, -0.1) is 0 Å². The van der Waals surface area contributed by atoms with E-state index in [0.717, 1.165) is 36.4 Å². The van der Waals surface area contributed by atoms with Crippen LogP contribution >= 0.6 is 11.8 Å². The van der Waals surface area contributed by atoms with Crippen LogP contribution in [-0.2, 0) is 29.0 Å². The van der Waals surface area contributed by atoms with Crippen LogP contribution in [0.25, 0.3) is 0 Å². The Balaban J connectivity index is 1.99. The zero-order valence-corrected chi connectivity index (χ0v) is 15.5. The normalized spacial score (nSPS) is 14.6. The Morgan fingerprint density at radius 2 is 2.00 bits per heavy atom. The number of nitrogens with zero attached hydrogens (tertiary/aromatic N) is 2. The number of rotatable bonds is 7. The molecule has 0 aromatic carbocycles. The number of aryl methyl sites for hydroxylation is 2. The molecule has 1 aliphatic carbocycles. The van der Waals surface area contributed by atoms with E-state index in [-0.39, 0.29) is 11.8 Å². The van der Waals surface area contributed by atoms with Crippen molar-refractivity contribution < 1.29 is 9.59 Å². The highest BCUT2D eigenvalue weighted by Gasteiger charge is 2.20. The van der Waals surface area contributed by atoms with Crippen LogP contribution < -0.4 is 10.6 Å². The fraction of sp³-hybridized carbons (Fsp3) is 0.647. The van der Waals surface area contributed by atoms with E-state index in [9.17, 15) is 9.59 Å².